The van der Waals surface area contributed by atoms with Gasteiger partial charge >= 0.3 is 5.69 Å². The summed E-state index contributed by atoms with van der Waals surface area (Å²) in [6.45, 7) is 2.14. The van der Waals surface area contributed by atoms with Crippen molar-refractivity contribution in [1.82, 2.24) is 19.8 Å². The molecule has 2 saturated heterocycles. The highest BCUT2D eigenvalue weighted by Crippen LogP contribution is 2.27. The molecule has 2 aromatic rings. The number of aromatic nitrogens is 2. The number of H-pyrrole nitrogens is 1. The third-order valence-electron chi connectivity index (χ3n) is 4.90. The molecule has 120 valence electrons. The van der Waals surface area contributed by atoms with Gasteiger partial charge in [0.25, 0.3) is 0 Å². The predicted molar refractivity (Wildman–Crippen MR) is 83.7 cm³/mol. The van der Waals surface area contributed by atoms with E-state index in [2.05, 4.69) is 10.3 Å². The van der Waals surface area contributed by atoms with E-state index in [1.807, 2.05) is 24.3 Å². The minimum atomic E-state index is -0.198. The number of aromatic amines is 1. The van der Waals surface area contributed by atoms with Gasteiger partial charge in [-0.25, -0.2) is 4.79 Å². The molecule has 1 aromatic heterocycles. The van der Waals surface area contributed by atoms with Gasteiger partial charge in [0.2, 0.25) is 11.8 Å². The minimum Gasteiger partial charge on any atom is -0.355 e. The molecule has 0 aliphatic carbocycles. The van der Waals surface area contributed by atoms with E-state index < -0.39 is 0 Å². The number of hydrogen-bond donors (Lipinski definition) is 2. The number of carbonyl (C=O) groups is 2. The Kier molecular flexibility index (Phi) is 3.21. The second-order valence-electron chi connectivity index (χ2n) is 6.26. The van der Waals surface area contributed by atoms with Crippen LogP contribution in [0.1, 0.15) is 6.42 Å². The number of imidazole rings is 1. The van der Waals surface area contributed by atoms with E-state index in [9.17, 15) is 14.4 Å². The maximum absolute atomic E-state index is 12.4. The van der Waals surface area contributed by atoms with Gasteiger partial charge in [-0.1, -0.05) is 12.1 Å². The van der Waals surface area contributed by atoms with Crippen molar-refractivity contribution in [2.75, 3.05) is 19.6 Å². The summed E-state index contributed by atoms with van der Waals surface area (Å²) in [6.07, 6.45) is 0.267. The van der Waals surface area contributed by atoms with Crippen LogP contribution in [0.3, 0.4) is 0 Å². The van der Waals surface area contributed by atoms with Crippen molar-refractivity contribution < 1.29 is 9.59 Å². The first-order chi connectivity index (χ1) is 11.1. The van der Waals surface area contributed by atoms with Crippen LogP contribution in [0.5, 0.6) is 0 Å². The third-order valence-corrected chi connectivity index (χ3v) is 4.90. The largest absolute Gasteiger partial charge is 0.355 e. The van der Waals surface area contributed by atoms with Gasteiger partial charge in [0, 0.05) is 38.5 Å². The van der Waals surface area contributed by atoms with Crippen LogP contribution in [0.15, 0.2) is 29.1 Å². The van der Waals surface area contributed by atoms with Gasteiger partial charge in [-0.2, -0.15) is 0 Å². The molecule has 7 nitrogen and oxygen atoms in total. The molecule has 2 atom stereocenters. The Morgan fingerprint density at radius 1 is 1.22 bits per heavy atom. The molecule has 0 unspecified atom stereocenters. The number of nitrogens with one attached hydrogen (secondary N) is 2. The molecule has 1 aromatic carbocycles. The summed E-state index contributed by atoms with van der Waals surface area (Å²) in [7, 11) is 0. The maximum Gasteiger partial charge on any atom is 0.326 e. The third kappa shape index (κ3) is 2.32. The summed E-state index contributed by atoms with van der Waals surface area (Å²) < 4.78 is 1.59. The maximum atomic E-state index is 12.4. The van der Waals surface area contributed by atoms with E-state index in [1.165, 1.54) is 0 Å². The summed E-state index contributed by atoms with van der Waals surface area (Å²) in [5.74, 6) is 0.236. The lowest BCUT2D eigenvalue weighted by Crippen LogP contribution is -2.34. The van der Waals surface area contributed by atoms with Crippen molar-refractivity contribution in [3.8, 4) is 0 Å². The number of carbonyl (C=O) groups excluding carboxylic acids is 2. The van der Waals surface area contributed by atoms with E-state index in [1.54, 1.807) is 9.47 Å². The smallest absolute Gasteiger partial charge is 0.326 e. The number of rotatable bonds is 3. The predicted octanol–water partition coefficient (Wildman–Crippen LogP) is -0.0759. The van der Waals surface area contributed by atoms with Gasteiger partial charge in [0.05, 0.1) is 17.0 Å². The number of fused-ring (bicyclic) bond motifs is 2. The van der Waals surface area contributed by atoms with Gasteiger partial charge in [0.1, 0.15) is 0 Å². The Hall–Kier alpha value is -2.57. The Labute approximate surface area is 132 Å². The highest BCUT2D eigenvalue weighted by molar-refractivity contribution is 5.84. The van der Waals surface area contributed by atoms with E-state index in [4.69, 9.17) is 0 Å². The van der Waals surface area contributed by atoms with Crippen molar-refractivity contribution in [3.63, 3.8) is 0 Å². The number of amides is 2. The first-order valence-corrected chi connectivity index (χ1v) is 7.86. The highest BCUT2D eigenvalue weighted by Gasteiger charge is 2.43. The number of para-hydroxylation sites is 2. The molecule has 2 N–H and O–H groups in total. The second-order valence-corrected chi connectivity index (χ2v) is 6.26. The molecule has 2 aliphatic heterocycles. The van der Waals surface area contributed by atoms with Crippen LogP contribution in [-0.2, 0) is 16.1 Å². The Morgan fingerprint density at radius 3 is 2.87 bits per heavy atom. The van der Waals surface area contributed by atoms with E-state index in [-0.39, 0.29) is 35.8 Å². The zero-order chi connectivity index (χ0) is 16.0. The van der Waals surface area contributed by atoms with Crippen LogP contribution in [0.25, 0.3) is 11.0 Å². The lowest BCUT2D eigenvalue weighted by Gasteiger charge is -2.17. The molecule has 0 saturated carbocycles. The van der Waals surface area contributed by atoms with Crippen molar-refractivity contribution in [2.24, 2.45) is 11.8 Å². The van der Waals surface area contributed by atoms with Crippen molar-refractivity contribution in [2.45, 2.75) is 13.0 Å². The average Bonchev–Trinajstić information content (AvgIpc) is 3.19. The Morgan fingerprint density at radius 2 is 2.04 bits per heavy atom. The summed E-state index contributed by atoms with van der Waals surface area (Å²) >= 11 is 0. The molecule has 3 heterocycles. The molecule has 2 aliphatic rings. The molecule has 7 heteroatoms. The zero-order valence-electron chi connectivity index (χ0n) is 12.6. The fourth-order valence-corrected chi connectivity index (χ4v) is 3.64. The quantitative estimate of drug-likeness (QED) is 0.831. The fourth-order valence-electron chi connectivity index (χ4n) is 3.64. The van der Waals surface area contributed by atoms with Gasteiger partial charge < -0.3 is 15.2 Å². The highest BCUT2D eigenvalue weighted by atomic mass is 16.2. The standard InChI is InChI=1S/C16H18N4O3/c21-14(19-8-10-7-17-15(22)11(10)9-19)5-6-20-13-4-2-1-3-12(13)18-16(20)23/h1-4,10-11H,5-9H2,(H,17,22)(H,18,23)/t10-,11+/m0/s1. The molecule has 2 fully saturated rings. The van der Waals surface area contributed by atoms with Crippen LogP contribution < -0.4 is 11.0 Å². The van der Waals surface area contributed by atoms with Gasteiger partial charge in [-0.3, -0.25) is 14.2 Å². The lowest BCUT2D eigenvalue weighted by atomic mass is 10.0. The first kappa shape index (κ1) is 14.0. The zero-order valence-corrected chi connectivity index (χ0v) is 12.6. The van der Waals surface area contributed by atoms with Gasteiger partial charge in [-0.05, 0) is 12.1 Å². The molecule has 4 rings (SSSR count). The molecule has 0 bridgehead atoms. The second kappa shape index (κ2) is 5.26. The summed E-state index contributed by atoms with van der Waals surface area (Å²) in [4.78, 5) is 40.6. The monoisotopic (exact) mass is 314 g/mol. The van der Waals surface area contributed by atoms with Crippen LogP contribution >= 0.6 is 0 Å². The van der Waals surface area contributed by atoms with Crippen LogP contribution in [0, 0.1) is 11.8 Å². The van der Waals surface area contributed by atoms with Gasteiger partial charge in [0.15, 0.2) is 0 Å². The van der Waals surface area contributed by atoms with Crippen LogP contribution in [0.2, 0.25) is 0 Å². The Balaban J connectivity index is 1.45. The number of benzene rings is 1. The number of aryl methyl sites for hydroxylation is 1. The molecule has 23 heavy (non-hydrogen) atoms. The molecule has 2 amide bonds. The number of likely N-dealkylation sites (tertiary alicyclic amines) is 1. The van der Waals surface area contributed by atoms with Crippen LogP contribution in [0.4, 0.5) is 0 Å². The van der Waals surface area contributed by atoms with E-state index in [0.29, 0.717) is 26.2 Å². The molecular formula is C16H18N4O3. The summed E-state index contributed by atoms with van der Waals surface area (Å²) in [5, 5.41) is 2.84. The average molecular weight is 314 g/mol. The Bertz CT molecular complexity index is 837. The fraction of sp³-hybridized carbons (Fsp3) is 0.438. The normalized spacial score (nSPS) is 23.3. The summed E-state index contributed by atoms with van der Waals surface area (Å²) in [6, 6.07) is 7.44. The minimum absolute atomic E-state index is 0.00406. The number of hydrogen-bond acceptors (Lipinski definition) is 3. The van der Waals surface area contributed by atoms with Crippen molar-refractivity contribution >= 4 is 22.8 Å². The lowest BCUT2D eigenvalue weighted by molar-refractivity contribution is -0.131. The van der Waals surface area contributed by atoms with Crippen LogP contribution in [-0.4, -0.2) is 45.9 Å². The summed E-state index contributed by atoms with van der Waals surface area (Å²) in [5.41, 5.74) is 1.39. The topological polar surface area (TPSA) is 87.2 Å². The van der Waals surface area contributed by atoms with E-state index >= 15 is 0 Å². The van der Waals surface area contributed by atoms with E-state index in [0.717, 1.165) is 11.0 Å². The SMILES string of the molecule is O=C1NC[C@H]2CN(C(=O)CCn3c(=O)[nH]c4ccccc43)C[C@@H]12. The number of nitrogens with zero attached hydrogens (tertiary/aromatic N) is 2. The van der Waals surface area contributed by atoms with Crippen molar-refractivity contribution in [3.05, 3.63) is 34.7 Å². The molecule has 0 spiro atoms. The molecular weight excluding hydrogens is 296 g/mol. The molecule has 0 radical (unpaired) electrons. The van der Waals surface area contributed by atoms with Gasteiger partial charge in [-0.15, -0.1) is 0 Å². The first-order valence-electron chi connectivity index (χ1n) is 7.86. The van der Waals surface area contributed by atoms with Crippen molar-refractivity contribution in [1.29, 1.82) is 0 Å².